The van der Waals surface area contributed by atoms with E-state index < -0.39 is 12.5 Å². The number of hydrogen-bond acceptors (Lipinski definition) is 8. The van der Waals surface area contributed by atoms with Gasteiger partial charge in [0, 0.05) is 13.1 Å². The number of thiazole rings is 2. The number of thioether (sulfide) groups is 1. The van der Waals surface area contributed by atoms with Gasteiger partial charge in [0.2, 0.25) is 0 Å². The fraction of sp³-hybridized carbons (Fsp3) is 0.320. The average Bonchev–Trinajstić information content (AvgIpc) is 3.44. The van der Waals surface area contributed by atoms with Crippen LogP contribution in [0.25, 0.3) is 11.1 Å². The highest BCUT2D eigenvalue weighted by Gasteiger charge is 2.32. The molecule has 0 radical (unpaired) electrons. The van der Waals surface area contributed by atoms with E-state index in [4.69, 9.17) is 24.4 Å². The Bertz CT molecular complexity index is 1730. The molecule has 1 fully saturated rings. The largest absolute Gasteiger partial charge is 0.480 e. The van der Waals surface area contributed by atoms with Crippen LogP contribution in [0.3, 0.4) is 0 Å². The molecule has 0 atom stereocenters. The minimum atomic E-state index is -1.10. The van der Waals surface area contributed by atoms with Crippen molar-refractivity contribution in [3.8, 4) is 0 Å². The third-order valence-electron chi connectivity index (χ3n) is 5.77. The lowest BCUT2D eigenvalue weighted by Crippen LogP contribution is -2.31. The van der Waals surface area contributed by atoms with Crippen LogP contribution in [-0.4, -0.2) is 41.8 Å². The number of benzene rings is 1. The van der Waals surface area contributed by atoms with Crippen LogP contribution in [0.2, 0.25) is 0 Å². The topological polar surface area (TPSA) is 84.5 Å². The maximum atomic E-state index is 13.4. The van der Waals surface area contributed by atoms with Crippen LogP contribution in [0.4, 0.5) is 0 Å². The molecule has 0 aliphatic carbocycles. The molecule has 12 heteroatoms. The van der Waals surface area contributed by atoms with Gasteiger partial charge in [-0.25, -0.2) is 0 Å². The molecule has 1 aromatic carbocycles. The average molecular weight is 592 g/mol. The summed E-state index contributed by atoms with van der Waals surface area (Å²) in [6, 6.07) is 7.78. The molecule has 194 valence electrons. The highest BCUT2D eigenvalue weighted by atomic mass is 32.2. The number of aromatic nitrogens is 2. The number of amides is 1. The van der Waals surface area contributed by atoms with E-state index in [2.05, 4.69) is 6.92 Å². The number of rotatable bonds is 7. The van der Waals surface area contributed by atoms with Gasteiger partial charge in [-0.05, 0) is 31.9 Å². The summed E-state index contributed by atoms with van der Waals surface area (Å²) >= 11 is 14.9. The molecule has 1 aliphatic rings. The second-order valence-corrected chi connectivity index (χ2v) is 12.8. The van der Waals surface area contributed by atoms with Crippen LogP contribution in [-0.2, 0) is 22.7 Å². The first-order valence-corrected chi connectivity index (χ1v) is 14.9. The summed E-state index contributed by atoms with van der Waals surface area (Å²) < 4.78 is 5.85. The van der Waals surface area contributed by atoms with Crippen LogP contribution in [0, 0.1) is 20.1 Å². The van der Waals surface area contributed by atoms with Gasteiger partial charge in [-0.1, -0.05) is 79.4 Å². The first-order valence-electron chi connectivity index (χ1n) is 11.7. The number of carboxylic acids is 1. The van der Waals surface area contributed by atoms with Gasteiger partial charge in [0.05, 0.1) is 4.53 Å². The zero-order chi connectivity index (χ0) is 26.9. The highest BCUT2D eigenvalue weighted by molar-refractivity contribution is 8.31. The molecule has 1 saturated heterocycles. The van der Waals surface area contributed by atoms with Crippen molar-refractivity contribution in [1.29, 1.82) is 0 Å². The van der Waals surface area contributed by atoms with E-state index in [-0.39, 0.29) is 15.7 Å². The fourth-order valence-corrected chi connectivity index (χ4v) is 8.12. The van der Waals surface area contributed by atoms with E-state index in [1.807, 2.05) is 42.7 Å². The Morgan fingerprint density at radius 1 is 1.05 bits per heavy atom. The number of aliphatic carboxylic acids is 1. The van der Waals surface area contributed by atoms with E-state index >= 15 is 0 Å². The van der Waals surface area contributed by atoms with E-state index in [0.29, 0.717) is 35.8 Å². The summed E-state index contributed by atoms with van der Waals surface area (Å²) in [4.78, 5) is 39.4. The molecule has 7 nitrogen and oxygen atoms in total. The Hall–Kier alpha value is -2.38. The minimum absolute atomic E-state index is 0.212. The zero-order valence-electron chi connectivity index (χ0n) is 20.5. The van der Waals surface area contributed by atoms with E-state index in [1.165, 1.54) is 39.0 Å². The summed E-state index contributed by atoms with van der Waals surface area (Å²) in [5.74, 6) is -1.32. The summed E-state index contributed by atoms with van der Waals surface area (Å²) in [5, 5.41) is 11.0. The molecule has 2 aromatic heterocycles. The van der Waals surface area contributed by atoms with Crippen molar-refractivity contribution in [2.75, 3.05) is 6.54 Å². The minimum Gasteiger partial charge on any atom is -0.480 e. The van der Waals surface area contributed by atoms with Crippen molar-refractivity contribution >= 4 is 86.0 Å². The van der Waals surface area contributed by atoms with Gasteiger partial charge in [-0.2, -0.15) is 0 Å². The van der Waals surface area contributed by atoms with Crippen LogP contribution in [0.15, 0.2) is 29.1 Å². The van der Waals surface area contributed by atoms with Crippen molar-refractivity contribution in [3.63, 3.8) is 0 Å². The summed E-state index contributed by atoms with van der Waals surface area (Å²) in [6.45, 7) is 6.55. The molecule has 3 heterocycles. The molecule has 0 spiro atoms. The third-order valence-corrected chi connectivity index (χ3v) is 9.83. The predicted octanol–water partition coefficient (Wildman–Crippen LogP) is 3.80. The lowest BCUT2D eigenvalue weighted by atomic mass is 10.1. The summed E-state index contributed by atoms with van der Waals surface area (Å²) in [5.41, 5.74) is 1.60. The van der Waals surface area contributed by atoms with Crippen molar-refractivity contribution in [2.45, 2.75) is 46.7 Å². The Balaban J connectivity index is 2.16. The molecule has 1 N–H and O–H groups in total. The zero-order valence-corrected chi connectivity index (χ0v) is 24.6. The van der Waals surface area contributed by atoms with Gasteiger partial charge < -0.3 is 9.67 Å². The number of aryl methyl sites for hydroxylation is 1. The molecule has 3 aromatic rings. The van der Waals surface area contributed by atoms with Gasteiger partial charge in [0.25, 0.3) is 11.5 Å². The standard InChI is InChI=1S/C25H25N3O4S5/c1-4-6-11-27-18(21-26(5-2)20(32)25(34)36-21)24(33)37-22(27)23-28(13-17(29)30)19(31)16(35-23)12-15-9-7-14(3)8-10-15/h7-10,12H,4-6,11,13H2,1-3H3,(H,29,30)/b16-12?,21-18+,23-22+. The summed E-state index contributed by atoms with van der Waals surface area (Å²) in [7, 11) is 0. The maximum Gasteiger partial charge on any atom is 0.323 e. The highest BCUT2D eigenvalue weighted by Crippen LogP contribution is 2.32. The van der Waals surface area contributed by atoms with Gasteiger partial charge >= 0.3 is 5.97 Å². The molecule has 4 rings (SSSR count). The smallest absolute Gasteiger partial charge is 0.323 e. The SMILES string of the molecule is CCCCn1/c(=c2\sc(=Cc3ccc(C)cc3)c(=O)n2CC(=O)O)sc(=S)/c1=C1\SC(=S)C(=O)N1CC. The number of hydrogen-bond donors (Lipinski definition) is 1. The van der Waals surface area contributed by atoms with Crippen molar-refractivity contribution in [2.24, 2.45) is 0 Å². The summed E-state index contributed by atoms with van der Waals surface area (Å²) in [6.07, 6.45) is 3.55. The fourth-order valence-electron chi connectivity index (χ4n) is 3.92. The normalized spacial score (nSPS) is 16.7. The molecular weight excluding hydrogens is 567 g/mol. The second-order valence-electron chi connectivity index (χ2n) is 8.40. The van der Waals surface area contributed by atoms with Crippen molar-refractivity contribution in [1.82, 2.24) is 14.0 Å². The molecule has 0 saturated carbocycles. The van der Waals surface area contributed by atoms with Gasteiger partial charge in [-0.3, -0.25) is 23.9 Å². The molecule has 1 aliphatic heterocycles. The van der Waals surface area contributed by atoms with Crippen LogP contribution in [0.1, 0.15) is 37.8 Å². The van der Waals surface area contributed by atoms with Crippen LogP contribution < -0.4 is 15.4 Å². The van der Waals surface area contributed by atoms with Crippen molar-refractivity contribution < 1.29 is 14.7 Å². The van der Waals surface area contributed by atoms with Crippen molar-refractivity contribution in [3.05, 3.63) is 68.8 Å². The molecule has 1 amide bonds. The van der Waals surface area contributed by atoms with Gasteiger partial charge in [0.15, 0.2) is 0 Å². The molecular formula is C25H25N3O4S5. The number of nitrogens with zero attached hydrogens (tertiary/aromatic N) is 3. The Morgan fingerprint density at radius 3 is 2.35 bits per heavy atom. The molecule has 37 heavy (non-hydrogen) atoms. The molecule has 0 bridgehead atoms. The lowest BCUT2D eigenvalue weighted by molar-refractivity contribution is -0.137. The quantitative estimate of drug-likeness (QED) is 0.419. The number of carboxylic acid groups (broad SMARTS) is 1. The van der Waals surface area contributed by atoms with Gasteiger partial charge in [0.1, 0.15) is 34.3 Å². The maximum absolute atomic E-state index is 13.4. The number of thiocarbonyl (C=S) groups is 1. The molecule has 0 unspecified atom stereocenters. The van der Waals surface area contributed by atoms with Crippen LogP contribution >= 0.6 is 58.9 Å². The number of carbonyl (C=O) groups is 2. The third kappa shape index (κ3) is 5.58. The van der Waals surface area contributed by atoms with E-state index in [0.717, 1.165) is 29.3 Å². The van der Waals surface area contributed by atoms with E-state index in [1.54, 1.807) is 11.0 Å². The second kappa shape index (κ2) is 11.6. The first kappa shape index (κ1) is 27.6. The first-order chi connectivity index (χ1) is 17.7. The Labute approximate surface area is 235 Å². The Morgan fingerprint density at radius 2 is 1.73 bits per heavy atom. The Kier molecular flexibility index (Phi) is 8.64. The number of carbonyl (C=O) groups excluding carboxylic acids is 1. The lowest BCUT2D eigenvalue weighted by Gasteiger charge is -2.14. The predicted molar refractivity (Wildman–Crippen MR) is 157 cm³/mol. The van der Waals surface area contributed by atoms with E-state index in [9.17, 15) is 19.5 Å². The number of unbranched alkanes of at least 4 members (excludes halogenated alkanes) is 1. The van der Waals surface area contributed by atoms with Gasteiger partial charge in [-0.15, -0.1) is 22.7 Å². The van der Waals surface area contributed by atoms with Crippen LogP contribution in [0.5, 0.6) is 0 Å². The monoisotopic (exact) mass is 591 g/mol.